The Labute approximate surface area is 134 Å². The van der Waals surface area contributed by atoms with Crippen LogP contribution in [0.4, 0.5) is 5.69 Å². The minimum absolute atomic E-state index is 0.162. The van der Waals surface area contributed by atoms with Gasteiger partial charge in [-0.3, -0.25) is 4.79 Å². The lowest BCUT2D eigenvalue weighted by molar-refractivity contribution is -0.115. The second-order valence-corrected chi connectivity index (χ2v) is 8.25. The highest BCUT2D eigenvalue weighted by atomic mass is 32.2. The second kappa shape index (κ2) is 6.60. The van der Waals surface area contributed by atoms with Crippen molar-refractivity contribution in [3.05, 3.63) is 46.2 Å². The molecule has 0 fully saturated rings. The molecule has 1 aromatic carbocycles. The van der Waals surface area contributed by atoms with E-state index in [-0.39, 0.29) is 17.2 Å². The van der Waals surface area contributed by atoms with Crippen LogP contribution in [0.2, 0.25) is 0 Å². The van der Waals surface area contributed by atoms with Crippen molar-refractivity contribution in [1.82, 2.24) is 4.31 Å². The first kappa shape index (κ1) is 16.7. The first-order chi connectivity index (χ1) is 10.3. The van der Waals surface area contributed by atoms with E-state index in [0.717, 1.165) is 14.7 Å². The van der Waals surface area contributed by atoms with E-state index >= 15 is 0 Å². The van der Waals surface area contributed by atoms with Gasteiger partial charge < -0.3 is 5.32 Å². The van der Waals surface area contributed by atoms with E-state index in [2.05, 4.69) is 5.32 Å². The molecule has 0 atom stereocenters. The van der Waals surface area contributed by atoms with E-state index in [0.29, 0.717) is 5.69 Å². The average molecular weight is 338 g/mol. The predicted molar refractivity (Wildman–Crippen MR) is 88.7 cm³/mol. The van der Waals surface area contributed by atoms with Gasteiger partial charge in [0.05, 0.1) is 11.3 Å². The topological polar surface area (TPSA) is 66.5 Å². The quantitative estimate of drug-likeness (QED) is 0.911. The largest absolute Gasteiger partial charge is 0.325 e. The van der Waals surface area contributed by atoms with Crippen LogP contribution in [-0.4, -0.2) is 32.7 Å². The summed E-state index contributed by atoms with van der Waals surface area (Å²) in [6, 6.07) is 8.51. The molecular weight excluding hydrogens is 320 g/mol. The summed E-state index contributed by atoms with van der Waals surface area (Å²) >= 11 is 1.51. The molecule has 1 amide bonds. The Morgan fingerprint density at radius 3 is 2.59 bits per heavy atom. The van der Waals surface area contributed by atoms with Crippen LogP contribution >= 0.6 is 11.3 Å². The highest BCUT2D eigenvalue weighted by molar-refractivity contribution is 7.89. The minimum atomic E-state index is -3.52. The number of amides is 1. The summed E-state index contributed by atoms with van der Waals surface area (Å²) in [5.74, 6) is -0.162. The van der Waals surface area contributed by atoms with Crippen LogP contribution in [0.5, 0.6) is 0 Å². The lowest BCUT2D eigenvalue weighted by Crippen LogP contribution is -2.22. The normalized spacial score (nSPS) is 11.6. The van der Waals surface area contributed by atoms with Crippen molar-refractivity contribution in [3.8, 4) is 0 Å². The molecule has 1 N–H and O–H groups in total. The van der Waals surface area contributed by atoms with Crippen LogP contribution in [0.25, 0.3) is 0 Å². The molecule has 118 valence electrons. The third-order valence-electron chi connectivity index (χ3n) is 3.18. The summed E-state index contributed by atoms with van der Waals surface area (Å²) in [7, 11) is -0.565. The molecule has 0 aliphatic carbocycles. The van der Waals surface area contributed by atoms with Gasteiger partial charge in [-0.05, 0) is 36.1 Å². The molecule has 0 bridgehead atoms. The first-order valence-corrected chi connectivity index (χ1v) is 8.98. The molecule has 0 saturated carbocycles. The van der Waals surface area contributed by atoms with Crippen LogP contribution in [0, 0.1) is 6.92 Å². The van der Waals surface area contributed by atoms with Crippen LogP contribution in [-0.2, 0) is 21.2 Å². The number of hydrogen-bond donors (Lipinski definition) is 1. The zero-order valence-electron chi connectivity index (χ0n) is 12.7. The molecule has 0 radical (unpaired) electrons. The summed E-state index contributed by atoms with van der Waals surface area (Å²) in [6.45, 7) is 1.83. The molecule has 1 heterocycles. The van der Waals surface area contributed by atoms with Crippen LogP contribution < -0.4 is 5.32 Å². The number of thiophene rings is 1. The molecule has 7 heteroatoms. The molecule has 22 heavy (non-hydrogen) atoms. The highest BCUT2D eigenvalue weighted by Crippen LogP contribution is 2.22. The monoisotopic (exact) mass is 338 g/mol. The Balaban J connectivity index is 2.22. The van der Waals surface area contributed by atoms with Gasteiger partial charge in [0, 0.05) is 24.7 Å². The van der Waals surface area contributed by atoms with Crippen molar-refractivity contribution < 1.29 is 13.2 Å². The van der Waals surface area contributed by atoms with E-state index in [9.17, 15) is 13.2 Å². The van der Waals surface area contributed by atoms with E-state index in [1.54, 1.807) is 12.1 Å². The maximum Gasteiger partial charge on any atom is 0.242 e. The fourth-order valence-corrected chi connectivity index (χ4v) is 3.50. The van der Waals surface area contributed by atoms with Crippen LogP contribution in [0.1, 0.15) is 10.4 Å². The molecule has 0 aliphatic rings. The number of anilines is 1. The third kappa shape index (κ3) is 3.73. The number of nitrogens with one attached hydrogen (secondary N) is 1. The molecule has 5 nitrogen and oxygen atoms in total. The van der Waals surface area contributed by atoms with E-state index in [4.69, 9.17) is 0 Å². The summed E-state index contributed by atoms with van der Waals surface area (Å²) in [5.41, 5.74) is 1.33. The third-order valence-corrected chi connectivity index (χ3v) is 5.86. The fourth-order valence-electron chi connectivity index (χ4n) is 1.87. The molecule has 2 aromatic rings. The van der Waals surface area contributed by atoms with Gasteiger partial charge in [-0.25, -0.2) is 12.7 Å². The van der Waals surface area contributed by atoms with Gasteiger partial charge in [0.25, 0.3) is 0 Å². The summed E-state index contributed by atoms with van der Waals surface area (Å²) in [6.07, 6.45) is 0.280. The van der Waals surface area contributed by atoms with Gasteiger partial charge in [0.2, 0.25) is 15.9 Å². The molecule has 0 aliphatic heterocycles. The van der Waals surface area contributed by atoms with E-state index in [1.165, 1.54) is 31.5 Å². The van der Waals surface area contributed by atoms with Crippen molar-refractivity contribution >= 4 is 33.0 Å². The maximum absolute atomic E-state index is 12.2. The van der Waals surface area contributed by atoms with Crippen LogP contribution in [0.3, 0.4) is 0 Å². The molecule has 0 saturated heterocycles. The lowest BCUT2D eigenvalue weighted by atomic mass is 10.2. The zero-order chi connectivity index (χ0) is 16.3. The van der Waals surface area contributed by atoms with Crippen molar-refractivity contribution in [2.24, 2.45) is 0 Å². The number of carbonyl (C=O) groups is 1. The van der Waals surface area contributed by atoms with Gasteiger partial charge in [0.1, 0.15) is 0 Å². The van der Waals surface area contributed by atoms with Crippen LogP contribution in [0.15, 0.2) is 40.6 Å². The number of rotatable bonds is 5. The van der Waals surface area contributed by atoms with Gasteiger partial charge >= 0.3 is 0 Å². The van der Waals surface area contributed by atoms with Crippen molar-refractivity contribution in [2.45, 2.75) is 18.2 Å². The molecule has 0 unspecified atom stereocenters. The lowest BCUT2D eigenvalue weighted by Gasteiger charge is -2.14. The van der Waals surface area contributed by atoms with E-state index < -0.39 is 10.0 Å². The van der Waals surface area contributed by atoms with Gasteiger partial charge in [-0.2, -0.15) is 0 Å². The van der Waals surface area contributed by atoms with E-state index in [1.807, 2.05) is 24.4 Å². The summed E-state index contributed by atoms with van der Waals surface area (Å²) in [5, 5.41) is 4.70. The Morgan fingerprint density at radius 2 is 2.00 bits per heavy atom. The Bertz CT molecular complexity index is 766. The van der Waals surface area contributed by atoms with Gasteiger partial charge in [-0.15, -0.1) is 11.3 Å². The predicted octanol–water partition coefficient (Wildman–Crippen LogP) is 2.49. The summed E-state index contributed by atoms with van der Waals surface area (Å²) in [4.78, 5) is 13.2. The highest BCUT2D eigenvalue weighted by Gasteiger charge is 2.18. The van der Waals surface area contributed by atoms with Crippen molar-refractivity contribution in [3.63, 3.8) is 0 Å². The van der Waals surface area contributed by atoms with Gasteiger partial charge in [0.15, 0.2) is 0 Å². The number of aryl methyl sites for hydroxylation is 1. The fraction of sp³-hybridized carbons (Fsp3) is 0.267. The summed E-state index contributed by atoms with van der Waals surface area (Å²) < 4.78 is 25.5. The minimum Gasteiger partial charge on any atom is -0.325 e. The van der Waals surface area contributed by atoms with Crippen molar-refractivity contribution in [1.29, 1.82) is 0 Å². The molecule has 2 rings (SSSR count). The number of hydrogen-bond acceptors (Lipinski definition) is 4. The second-order valence-electron chi connectivity index (χ2n) is 5.07. The standard InChI is InChI=1S/C15H18N2O3S2/c1-11-6-7-13(22(19,20)17(2)3)10-14(11)16-15(18)9-12-5-4-8-21-12/h4-8,10H,9H2,1-3H3,(H,16,18). The maximum atomic E-state index is 12.2. The molecule has 1 aromatic heterocycles. The number of sulfonamides is 1. The SMILES string of the molecule is Cc1ccc(S(=O)(=O)N(C)C)cc1NC(=O)Cc1cccs1. The molecule has 0 spiro atoms. The van der Waals surface area contributed by atoms with Crippen molar-refractivity contribution in [2.75, 3.05) is 19.4 Å². The number of nitrogens with zero attached hydrogens (tertiary/aromatic N) is 1. The first-order valence-electron chi connectivity index (χ1n) is 6.66. The Morgan fingerprint density at radius 1 is 1.27 bits per heavy atom. The smallest absolute Gasteiger partial charge is 0.242 e. The zero-order valence-corrected chi connectivity index (χ0v) is 14.3. The molecular formula is C15H18N2O3S2. The average Bonchev–Trinajstić information content (AvgIpc) is 2.93. The Hall–Kier alpha value is -1.70. The Kier molecular flexibility index (Phi) is 5.00. The number of carbonyl (C=O) groups excluding carboxylic acids is 1. The van der Waals surface area contributed by atoms with Gasteiger partial charge in [-0.1, -0.05) is 12.1 Å². The number of benzene rings is 1.